The first-order valence-electron chi connectivity index (χ1n) is 7.36. The van der Waals surface area contributed by atoms with E-state index in [1.165, 1.54) is 19.3 Å². The number of nitrogens with zero attached hydrogens (tertiary/aromatic N) is 2. The summed E-state index contributed by atoms with van der Waals surface area (Å²) in [6.45, 7) is 2.31. The minimum atomic E-state index is 0.421. The van der Waals surface area contributed by atoms with E-state index in [1.807, 2.05) is 12.1 Å². The summed E-state index contributed by atoms with van der Waals surface area (Å²) >= 11 is 6.12. The summed E-state index contributed by atoms with van der Waals surface area (Å²) in [6, 6.07) is 4.43. The first-order chi connectivity index (χ1) is 10.2. The van der Waals surface area contributed by atoms with Gasteiger partial charge in [0.2, 0.25) is 0 Å². The first kappa shape index (κ1) is 14.5. The minimum Gasteiger partial charge on any atom is -0.493 e. The average molecular weight is 309 g/mol. The van der Waals surface area contributed by atoms with Gasteiger partial charge < -0.3 is 14.0 Å². The van der Waals surface area contributed by atoms with Crippen LogP contribution in [0, 0.1) is 5.92 Å². The molecule has 1 aromatic heterocycles. The molecule has 1 aliphatic carbocycles. The molecule has 0 spiro atoms. The molecule has 5 heteroatoms. The Hall–Kier alpha value is -1.42. The maximum Gasteiger partial charge on any atom is 0.163 e. The molecule has 2 aromatic rings. The van der Waals surface area contributed by atoms with Crippen LogP contribution in [-0.2, 0) is 5.88 Å². The van der Waals surface area contributed by atoms with Gasteiger partial charge in [0.15, 0.2) is 11.5 Å². The molecule has 0 radical (unpaired) electrons. The Labute approximate surface area is 130 Å². The highest BCUT2D eigenvalue weighted by Gasteiger charge is 2.27. The maximum absolute atomic E-state index is 6.12. The summed E-state index contributed by atoms with van der Waals surface area (Å²) in [4.78, 5) is 4.68. The van der Waals surface area contributed by atoms with Gasteiger partial charge in [-0.3, -0.25) is 0 Å². The van der Waals surface area contributed by atoms with Crippen molar-refractivity contribution in [2.75, 3.05) is 14.2 Å². The molecule has 1 saturated carbocycles. The Morgan fingerprint density at radius 1 is 1.24 bits per heavy atom. The smallest absolute Gasteiger partial charge is 0.163 e. The summed E-state index contributed by atoms with van der Waals surface area (Å²) in [6.07, 6.45) is 3.63. The van der Waals surface area contributed by atoms with Crippen LogP contribution in [0.15, 0.2) is 12.1 Å². The zero-order valence-corrected chi connectivity index (χ0v) is 13.5. The highest BCUT2D eigenvalue weighted by atomic mass is 35.5. The van der Waals surface area contributed by atoms with Crippen molar-refractivity contribution in [3.05, 3.63) is 18.0 Å². The quantitative estimate of drug-likeness (QED) is 0.796. The fraction of sp³-hybridized carbons (Fsp3) is 0.562. The van der Waals surface area contributed by atoms with E-state index in [-0.39, 0.29) is 0 Å². The molecule has 0 amide bonds. The van der Waals surface area contributed by atoms with Crippen LogP contribution in [0.2, 0.25) is 0 Å². The van der Waals surface area contributed by atoms with Gasteiger partial charge in [0.05, 0.1) is 31.1 Å². The normalized spacial score (nSPS) is 21.9. The van der Waals surface area contributed by atoms with E-state index in [0.717, 1.165) is 28.5 Å². The summed E-state index contributed by atoms with van der Waals surface area (Å²) in [5.74, 6) is 3.55. The van der Waals surface area contributed by atoms with Gasteiger partial charge in [0.25, 0.3) is 0 Å². The molecule has 114 valence electrons. The second-order valence-electron chi connectivity index (χ2n) is 5.80. The monoisotopic (exact) mass is 308 g/mol. The molecule has 0 saturated heterocycles. The van der Waals surface area contributed by atoms with E-state index >= 15 is 0 Å². The van der Waals surface area contributed by atoms with E-state index in [1.54, 1.807) is 14.2 Å². The third-order valence-electron chi connectivity index (χ3n) is 4.42. The van der Waals surface area contributed by atoms with E-state index in [4.69, 9.17) is 21.1 Å². The van der Waals surface area contributed by atoms with Crippen molar-refractivity contribution in [3.8, 4) is 11.5 Å². The van der Waals surface area contributed by atoms with Crippen LogP contribution in [0.3, 0.4) is 0 Å². The number of methoxy groups -OCH3 is 2. The Morgan fingerprint density at radius 3 is 2.52 bits per heavy atom. The number of aromatic nitrogens is 2. The molecule has 0 aliphatic heterocycles. The number of fused-ring (bicyclic) bond motifs is 1. The van der Waals surface area contributed by atoms with Gasteiger partial charge >= 0.3 is 0 Å². The highest BCUT2D eigenvalue weighted by molar-refractivity contribution is 6.16. The number of hydrogen-bond donors (Lipinski definition) is 0. The van der Waals surface area contributed by atoms with Gasteiger partial charge in [-0.25, -0.2) is 4.98 Å². The van der Waals surface area contributed by atoms with Crippen molar-refractivity contribution in [1.29, 1.82) is 0 Å². The van der Waals surface area contributed by atoms with Crippen LogP contribution in [0.25, 0.3) is 11.0 Å². The standard InChI is InChI=1S/C16H21ClN2O2/c1-10-4-5-11(6-10)19-13-8-15(21-3)14(20-2)7-12(13)18-16(19)9-17/h7-8,10-11H,4-6,9H2,1-3H3. The van der Waals surface area contributed by atoms with Crippen LogP contribution >= 0.6 is 11.6 Å². The lowest BCUT2D eigenvalue weighted by Crippen LogP contribution is -2.08. The van der Waals surface area contributed by atoms with Crippen LogP contribution in [0.4, 0.5) is 0 Å². The fourth-order valence-corrected chi connectivity index (χ4v) is 3.57. The Morgan fingerprint density at radius 2 is 1.95 bits per heavy atom. The van der Waals surface area contributed by atoms with E-state index in [9.17, 15) is 0 Å². The van der Waals surface area contributed by atoms with Gasteiger partial charge in [-0.15, -0.1) is 11.6 Å². The number of halogens is 1. The second kappa shape index (κ2) is 5.76. The molecule has 1 fully saturated rings. The third kappa shape index (κ3) is 2.46. The molecular weight excluding hydrogens is 288 g/mol. The molecule has 0 bridgehead atoms. The number of hydrogen-bond acceptors (Lipinski definition) is 3. The number of rotatable bonds is 4. The molecule has 21 heavy (non-hydrogen) atoms. The summed E-state index contributed by atoms with van der Waals surface area (Å²) in [5.41, 5.74) is 2.00. The lowest BCUT2D eigenvalue weighted by Gasteiger charge is -2.16. The molecule has 1 aromatic carbocycles. The summed E-state index contributed by atoms with van der Waals surface area (Å²) < 4.78 is 13.1. The molecule has 2 unspecified atom stereocenters. The maximum atomic E-state index is 6.12. The van der Waals surface area contributed by atoms with E-state index < -0.39 is 0 Å². The summed E-state index contributed by atoms with van der Waals surface area (Å²) in [5, 5.41) is 0. The predicted molar refractivity (Wildman–Crippen MR) is 84.4 cm³/mol. The molecular formula is C16H21ClN2O2. The fourth-order valence-electron chi connectivity index (χ4n) is 3.39. The third-order valence-corrected chi connectivity index (χ3v) is 4.66. The second-order valence-corrected chi connectivity index (χ2v) is 6.07. The Balaban J connectivity index is 2.17. The lowest BCUT2D eigenvalue weighted by molar-refractivity contribution is 0.355. The molecule has 1 heterocycles. The molecule has 1 aliphatic rings. The number of imidazole rings is 1. The zero-order chi connectivity index (χ0) is 15.0. The summed E-state index contributed by atoms with van der Waals surface area (Å²) in [7, 11) is 3.30. The van der Waals surface area contributed by atoms with Crippen LogP contribution in [0.5, 0.6) is 11.5 Å². The van der Waals surface area contributed by atoms with Crippen LogP contribution in [-0.4, -0.2) is 23.8 Å². The van der Waals surface area contributed by atoms with Crippen molar-refractivity contribution < 1.29 is 9.47 Å². The number of ether oxygens (including phenoxy) is 2. The topological polar surface area (TPSA) is 36.3 Å². The van der Waals surface area contributed by atoms with Gasteiger partial charge in [0, 0.05) is 18.2 Å². The van der Waals surface area contributed by atoms with Crippen LogP contribution < -0.4 is 9.47 Å². The number of alkyl halides is 1. The molecule has 0 N–H and O–H groups in total. The van der Waals surface area contributed by atoms with E-state index in [2.05, 4.69) is 16.5 Å². The molecule has 4 nitrogen and oxygen atoms in total. The molecule has 2 atom stereocenters. The van der Waals surface area contributed by atoms with Crippen molar-refractivity contribution in [2.45, 2.75) is 38.1 Å². The van der Waals surface area contributed by atoms with Crippen molar-refractivity contribution in [3.63, 3.8) is 0 Å². The van der Waals surface area contributed by atoms with Gasteiger partial charge in [-0.2, -0.15) is 0 Å². The largest absolute Gasteiger partial charge is 0.493 e. The number of benzene rings is 1. The van der Waals surface area contributed by atoms with Gasteiger partial charge in [-0.05, 0) is 25.2 Å². The first-order valence-corrected chi connectivity index (χ1v) is 7.90. The zero-order valence-electron chi connectivity index (χ0n) is 12.7. The lowest BCUT2D eigenvalue weighted by atomic mass is 10.1. The Bertz CT molecular complexity index is 653. The predicted octanol–water partition coefficient (Wildman–Crippen LogP) is 4.15. The van der Waals surface area contributed by atoms with Crippen LogP contribution in [0.1, 0.15) is 38.1 Å². The Kier molecular flexibility index (Phi) is 3.98. The van der Waals surface area contributed by atoms with E-state index in [0.29, 0.717) is 17.7 Å². The van der Waals surface area contributed by atoms with Gasteiger partial charge in [0.1, 0.15) is 5.82 Å². The van der Waals surface area contributed by atoms with Gasteiger partial charge in [-0.1, -0.05) is 6.92 Å². The minimum absolute atomic E-state index is 0.421. The van der Waals surface area contributed by atoms with Crippen molar-refractivity contribution >= 4 is 22.6 Å². The molecule has 3 rings (SSSR count). The highest BCUT2D eigenvalue weighted by Crippen LogP contribution is 2.40. The SMILES string of the molecule is COc1cc2nc(CCl)n(C3CCC(C)C3)c2cc1OC. The average Bonchev–Trinajstić information content (AvgIpc) is 3.07. The van der Waals surface area contributed by atoms with Crippen molar-refractivity contribution in [1.82, 2.24) is 9.55 Å². The van der Waals surface area contributed by atoms with Crippen molar-refractivity contribution in [2.24, 2.45) is 5.92 Å².